The van der Waals surface area contributed by atoms with Crippen LogP contribution in [0.1, 0.15) is 23.6 Å². The van der Waals surface area contributed by atoms with Crippen LogP contribution in [0.25, 0.3) is 5.76 Å². The number of Topliss-reactive ketones (excluding diaryl/α,β-unsaturated/α-hetero) is 1. The van der Waals surface area contributed by atoms with E-state index in [4.69, 9.17) is 32.7 Å². The van der Waals surface area contributed by atoms with Crippen LogP contribution in [0.2, 0.25) is 10.0 Å². The normalized spacial score (nSPS) is 20.7. The molecule has 180 valence electrons. The maximum Gasteiger partial charge on any atom is 0.295 e. The number of morpholine rings is 1. The first-order chi connectivity index (χ1) is 16.4. The summed E-state index contributed by atoms with van der Waals surface area (Å²) in [5.41, 5.74) is 0.745. The van der Waals surface area contributed by atoms with Gasteiger partial charge >= 0.3 is 0 Å². The summed E-state index contributed by atoms with van der Waals surface area (Å²) in [5.74, 6) is -1.59. The highest BCUT2D eigenvalue weighted by Crippen LogP contribution is 2.40. The van der Waals surface area contributed by atoms with Gasteiger partial charge in [-0.2, -0.15) is 0 Å². The van der Waals surface area contributed by atoms with Gasteiger partial charge in [0.1, 0.15) is 18.8 Å². The van der Waals surface area contributed by atoms with Crippen molar-refractivity contribution in [1.82, 2.24) is 4.90 Å². The fourth-order valence-corrected chi connectivity index (χ4v) is 4.95. The number of halogens is 2. The van der Waals surface area contributed by atoms with E-state index in [1.807, 2.05) is 0 Å². The van der Waals surface area contributed by atoms with Crippen LogP contribution < -0.4 is 14.7 Å². The molecule has 1 N–H and O–H groups in total. The van der Waals surface area contributed by atoms with Crippen molar-refractivity contribution in [3.05, 3.63) is 69.2 Å². The van der Waals surface area contributed by atoms with Crippen LogP contribution in [0.5, 0.6) is 5.75 Å². The van der Waals surface area contributed by atoms with Crippen molar-refractivity contribution in [1.29, 1.82) is 0 Å². The molecule has 0 saturated carbocycles. The van der Waals surface area contributed by atoms with E-state index in [2.05, 4.69) is 0 Å². The average Bonchev–Trinajstić information content (AvgIpc) is 3.09. The van der Waals surface area contributed by atoms with Crippen molar-refractivity contribution >= 4 is 40.7 Å². The van der Waals surface area contributed by atoms with Crippen molar-refractivity contribution in [3.8, 4) is 5.75 Å². The van der Waals surface area contributed by atoms with Gasteiger partial charge in [-0.1, -0.05) is 47.2 Å². The van der Waals surface area contributed by atoms with Crippen LogP contribution >= 0.6 is 23.2 Å². The number of nitrogens with one attached hydrogen (secondary N) is 1. The number of nitrogens with zero attached hydrogens (tertiary/aromatic N) is 1. The Balaban J connectivity index is 1.69. The molecule has 2 heterocycles. The summed E-state index contributed by atoms with van der Waals surface area (Å²) in [6, 6.07) is 10.7. The van der Waals surface area contributed by atoms with Crippen molar-refractivity contribution < 1.29 is 29.1 Å². The largest absolute Gasteiger partial charge is 0.872 e. The molecule has 0 aliphatic carbocycles. The third-order valence-electron chi connectivity index (χ3n) is 6.24. The third kappa shape index (κ3) is 5.08. The van der Waals surface area contributed by atoms with Gasteiger partial charge in [-0.05, 0) is 35.4 Å². The molecule has 1 atom stereocenters. The number of ketones is 1. The molecule has 0 bridgehead atoms. The maximum atomic E-state index is 13.5. The fraction of sp³-hybridized carbons (Fsp3) is 0.360. The number of benzene rings is 2. The zero-order valence-corrected chi connectivity index (χ0v) is 20.3. The molecule has 0 spiro atoms. The Morgan fingerprint density at radius 3 is 2.62 bits per heavy atom. The van der Waals surface area contributed by atoms with Crippen molar-refractivity contribution in [2.45, 2.75) is 12.5 Å². The predicted molar refractivity (Wildman–Crippen MR) is 127 cm³/mol. The molecule has 7 nitrogen and oxygen atoms in total. The van der Waals surface area contributed by atoms with Gasteiger partial charge in [0.05, 0.1) is 37.9 Å². The third-order valence-corrected chi connectivity index (χ3v) is 6.77. The average molecular weight is 505 g/mol. The molecule has 2 aromatic rings. The molecule has 9 heteroatoms. The maximum absolute atomic E-state index is 13.5. The summed E-state index contributed by atoms with van der Waals surface area (Å²) in [6.07, 6.45) is 0.696. The van der Waals surface area contributed by atoms with Gasteiger partial charge in [-0.15, -0.1) is 0 Å². The van der Waals surface area contributed by atoms with Gasteiger partial charge in [0, 0.05) is 23.6 Å². The molecule has 0 aromatic heterocycles. The number of quaternary nitrogens is 1. The number of likely N-dealkylation sites (tertiary alicyclic amines) is 1. The van der Waals surface area contributed by atoms with Crippen molar-refractivity contribution in [2.75, 3.05) is 46.5 Å². The Labute approximate surface area is 208 Å². The van der Waals surface area contributed by atoms with E-state index in [0.717, 1.165) is 32.8 Å². The highest BCUT2D eigenvalue weighted by molar-refractivity contribution is 6.46. The monoisotopic (exact) mass is 504 g/mol. The summed E-state index contributed by atoms with van der Waals surface area (Å²) >= 11 is 12.4. The molecule has 0 radical (unpaired) electrons. The van der Waals surface area contributed by atoms with Gasteiger partial charge in [-0.25, -0.2) is 0 Å². The molecular formula is C25H26Cl2N2O5. The second-order valence-corrected chi connectivity index (χ2v) is 9.19. The van der Waals surface area contributed by atoms with Crippen LogP contribution in [-0.2, 0) is 14.3 Å². The van der Waals surface area contributed by atoms with E-state index in [9.17, 15) is 14.7 Å². The first kappa shape index (κ1) is 24.5. The molecule has 2 aromatic carbocycles. The fourth-order valence-electron chi connectivity index (χ4n) is 4.50. The molecule has 34 heavy (non-hydrogen) atoms. The van der Waals surface area contributed by atoms with Gasteiger partial charge in [0.15, 0.2) is 0 Å². The number of amides is 1. The van der Waals surface area contributed by atoms with Crippen LogP contribution in [0.4, 0.5) is 0 Å². The Morgan fingerprint density at radius 2 is 1.94 bits per heavy atom. The Morgan fingerprint density at radius 1 is 1.18 bits per heavy atom. The molecule has 1 amide bonds. The molecule has 2 fully saturated rings. The Bertz CT molecular complexity index is 1110. The van der Waals surface area contributed by atoms with E-state index < -0.39 is 23.5 Å². The van der Waals surface area contributed by atoms with Crippen molar-refractivity contribution in [2.24, 2.45) is 0 Å². The molecule has 2 aliphatic rings. The van der Waals surface area contributed by atoms with Crippen LogP contribution in [0, 0.1) is 0 Å². The topological polar surface area (TPSA) is 83.3 Å². The zero-order chi connectivity index (χ0) is 24.2. The first-order valence-electron chi connectivity index (χ1n) is 11.2. The molecule has 4 rings (SSSR count). The molecular weight excluding hydrogens is 479 g/mol. The smallest absolute Gasteiger partial charge is 0.295 e. The van der Waals surface area contributed by atoms with E-state index in [-0.39, 0.29) is 16.2 Å². The lowest BCUT2D eigenvalue weighted by atomic mass is 9.95. The number of carbonyl (C=O) groups excluding carboxylic acids is 2. The van der Waals surface area contributed by atoms with Gasteiger partial charge < -0.3 is 24.4 Å². The Kier molecular flexibility index (Phi) is 7.78. The number of carbonyl (C=O) groups is 2. The first-order valence-corrected chi connectivity index (χ1v) is 11.9. The van der Waals surface area contributed by atoms with Gasteiger partial charge in [0.25, 0.3) is 5.91 Å². The van der Waals surface area contributed by atoms with Crippen LogP contribution in [0.3, 0.4) is 0 Å². The minimum absolute atomic E-state index is 0.0905. The lowest BCUT2D eigenvalue weighted by Crippen LogP contribution is -3.14. The highest BCUT2D eigenvalue weighted by atomic mass is 35.5. The summed E-state index contributed by atoms with van der Waals surface area (Å²) in [4.78, 5) is 29.1. The minimum atomic E-state index is -0.813. The molecule has 2 saturated heterocycles. The van der Waals surface area contributed by atoms with Gasteiger partial charge in [-0.3, -0.25) is 9.59 Å². The lowest BCUT2D eigenvalue weighted by molar-refractivity contribution is -0.908. The van der Waals surface area contributed by atoms with Crippen LogP contribution in [-0.4, -0.2) is 63.1 Å². The van der Waals surface area contributed by atoms with E-state index in [1.165, 1.54) is 29.0 Å². The van der Waals surface area contributed by atoms with E-state index in [0.29, 0.717) is 29.3 Å². The van der Waals surface area contributed by atoms with E-state index in [1.54, 1.807) is 30.3 Å². The second kappa shape index (κ2) is 10.8. The summed E-state index contributed by atoms with van der Waals surface area (Å²) in [5, 5.41) is 14.2. The Hall–Kier alpha value is -2.58. The number of hydrogen-bond donors (Lipinski definition) is 1. The second-order valence-electron chi connectivity index (χ2n) is 8.34. The van der Waals surface area contributed by atoms with Crippen molar-refractivity contribution in [3.63, 3.8) is 0 Å². The molecule has 1 unspecified atom stereocenters. The predicted octanol–water partition coefficient (Wildman–Crippen LogP) is 1.53. The summed E-state index contributed by atoms with van der Waals surface area (Å²) in [6.45, 7) is 4.47. The number of hydrogen-bond acceptors (Lipinski definition) is 5. The standard InChI is InChI=1S/C25H26Cl2N2O5/c1-33-20-7-6-17(15-19(20)27)23(30)21-22(16-4-2-5-18(26)14-16)29(25(32)24(21)31)9-3-8-28-10-12-34-13-11-28/h2,4-7,14-15,22,30H,3,8-13H2,1H3. The summed E-state index contributed by atoms with van der Waals surface area (Å²) in [7, 11) is 1.47. The summed E-state index contributed by atoms with van der Waals surface area (Å²) < 4.78 is 10.6. The van der Waals surface area contributed by atoms with E-state index >= 15 is 0 Å². The molecule has 2 aliphatic heterocycles. The van der Waals surface area contributed by atoms with Gasteiger partial charge in [0.2, 0.25) is 5.78 Å². The number of rotatable bonds is 7. The highest BCUT2D eigenvalue weighted by Gasteiger charge is 2.44. The van der Waals surface area contributed by atoms with Crippen LogP contribution in [0.15, 0.2) is 48.0 Å². The zero-order valence-electron chi connectivity index (χ0n) is 18.8. The number of ether oxygens (including phenoxy) is 2. The minimum Gasteiger partial charge on any atom is -0.872 e. The SMILES string of the molecule is COc1ccc(C([O-])=C2C(=O)C(=O)N(CCC[NH+]3CCOCC3)C2c2cccc(Cl)c2)cc1Cl. The lowest BCUT2D eigenvalue weighted by Gasteiger charge is -2.29. The number of methoxy groups -OCH3 is 1. The quantitative estimate of drug-likeness (QED) is 0.351.